The number of piperidine rings is 1. The van der Waals surface area contributed by atoms with Crippen molar-refractivity contribution in [3.63, 3.8) is 0 Å². The molecule has 2 rings (SSSR count). The summed E-state index contributed by atoms with van der Waals surface area (Å²) in [6.07, 6.45) is 4.99. The lowest BCUT2D eigenvalue weighted by molar-refractivity contribution is 0.0174. The fourth-order valence-corrected chi connectivity index (χ4v) is 3.84. The maximum atomic E-state index is 10.3. The molecule has 1 aliphatic rings. The fourth-order valence-electron chi connectivity index (χ4n) is 2.29. The lowest BCUT2D eigenvalue weighted by Gasteiger charge is -2.32. The zero-order valence-corrected chi connectivity index (χ0v) is 13.1. The summed E-state index contributed by atoms with van der Waals surface area (Å²) < 4.78 is 0. The molecule has 1 aliphatic heterocycles. The van der Waals surface area contributed by atoms with Crippen LogP contribution in [0, 0.1) is 0 Å². The third kappa shape index (κ3) is 5.04. The Hall–Kier alpha value is -0.140. The summed E-state index contributed by atoms with van der Waals surface area (Å²) in [6.45, 7) is 3.28. The first-order valence-electron chi connectivity index (χ1n) is 6.78. The van der Waals surface area contributed by atoms with Crippen molar-refractivity contribution in [1.29, 1.82) is 0 Å². The fraction of sp³-hybridized carbons (Fsp3) is 0.769. The molecule has 0 saturated carbocycles. The van der Waals surface area contributed by atoms with Gasteiger partial charge in [-0.3, -0.25) is 0 Å². The van der Waals surface area contributed by atoms with E-state index in [0.29, 0.717) is 13.1 Å². The first-order valence-corrected chi connectivity index (χ1v) is 9.05. The zero-order chi connectivity index (χ0) is 13.6. The van der Waals surface area contributed by atoms with Gasteiger partial charge in [0.25, 0.3) is 0 Å². The van der Waals surface area contributed by atoms with E-state index in [0.717, 1.165) is 43.8 Å². The molecule has 4 nitrogen and oxygen atoms in total. The lowest BCUT2D eigenvalue weighted by atomic mass is 9.94. The average molecular weight is 301 g/mol. The van der Waals surface area contributed by atoms with Crippen LogP contribution in [0.4, 0.5) is 0 Å². The Morgan fingerprint density at radius 1 is 1.63 bits per heavy atom. The number of nitrogens with one attached hydrogen (secondary N) is 2. The van der Waals surface area contributed by atoms with Gasteiger partial charge in [0, 0.05) is 37.2 Å². The molecule has 0 amide bonds. The zero-order valence-electron chi connectivity index (χ0n) is 11.4. The minimum Gasteiger partial charge on any atom is -0.387 e. The predicted octanol–water partition coefficient (Wildman–Crippen LogP) is 1.25. The molecule has 0 bridgehead atoms. The number of aliphatic hydroxyl groups is 1. The molecule has 3 N–H and O–H groups in total. The highest BCUT2D eigenvalue weighted by molar-refractivity contribution is 7.97. The molecule has 0 aliphatic carbocycles. The van der Waals surface area contributed by atoms with Gasteiger partial charge in [-0.25, -0.2) is 4.98 Å². The number of aromatic nitrogens is 1. The summed E-state index contributed by atoms with van der Waals surface area (Å²) in [5, 5.41) is 20.3. The number of nitrogens with zero attached hydrogens (tertiary/aromatic N) is 1. The van der Waals surface area contributed by atoms with Gasteiger partial charge >= 0.3 is 0 Å². The molecule has 1 saturated heterocycles. The number of thioether (sulfide) groups is 1. The molecule has 1 aromatic heterocycles. The van der Waals surface area contributed by atoms with Gasteiger partial charge in [0.2, 0.25) is 0 Å². The normalized spacial score (nSPS) is 23.7. The van der Waals surface area contributed by atoms with Gasteiger partial charge in [-0.1, -0.05) is 0 Å². The Morgan fingerprint density at radius 2 is 2.53 bits per heavy atom. The molecule has 0 spiro atoms. The molecule has 108 valence electrons. The van der Waals surface area contributed by atoms with Gasteiger partial charge < -0.3 is 15.7 Å². The van der Waals surface area contributed by atoms with E-state index in [4.69, 9.17) is 0 Å². The van der Waals surface area contributed by atoms with Gasteiger partial charge in [0.05, 0.1) is 11.3 Å². The number of hydrogen-bond donors (Lipinski definition) is 3. The molecule has 1 aromatic rings. The van der Waals surface area contributed by atoms with Crippen LogP contribution in [0.2, 0.25) is 0 Å². The highest BCUT2D eigenvalue weighted by Crippen LogP contribution is 2.16. The summed E-state index contributed by atoms with van der Waals surface area (Å²) in [5.74, 6) is 1.00. The van der Waals surface area contributed by atoms with E-state index in [1.54, 1.807) is 23.1 Å². The summed E-state index contributed by atoms with van der Waals surface area (Å²) in [5.41, 5.74) is 0.597. The number of hydrogen-bond acceptors (Lipinski definition) is 6. The van der Waals surface area contributed by atoms with Crippen molar-refractivity contribution in [2.24, 2.45) is 0 Å². The Morgan fingerprint density at radius 3 is 3.26 bits per heavy atom. The van der Waals surface area contributed by atoms with Gasteiger partial charge in [-0.2, -0.15) is 11.8 Å². The number of β-amino-alcohol motifs (C(OH)–C–C–N with tert-alkyl or cyclic N) is 1. The van der Waals surface area contributed by atoms with Gasteiger partial charge in [0.1, 0.15) is 5.01 Å². The summed E-state index contributed by atoms with van der Waals surface area (Å²) in [7, 11) is 0. The van der Waals surface area contributed by atoms with Gasteiger partial charge in [-0.15, -0.1) is 11.3 Å². The smallest absolute Gasteiger partial charge is 0.103 e. The second-order valence-corrected chi connectivity index (χ2v) is 6.91. The highest BCUT2D eigenvalue weighted by Gasteiger charge is 2.28. The Labute approximate surface area is 123 Å². The summed E-state index contributed by atoms with van der Waals surface area (Å²) in [4.78, 5) is 4.58. The molecule has 6 heteroatoms. The molecule has 19 heavy (non-hydrogen) atoms. The third-order valence-electron chi connectivity index (χ3n) is 3.33. The van der Waals surface area contributed by atoms with E-state index < -0.39 is 5.60 Å². The van der Waals surface area contributed by atoms with Crippen LogP contribution >= 0.6 is 23.1 Å². The second kappa shape index (κ2) is 7.59. The standard InChI is InChI=1S/C13H23N3OS2/c1-18-8-12-16-11(7-19-12)3-6-15-10-13(17)4-2-5-14-9-13/h7,14-15,17H,2-6,8-10H2,1H3. The molecule has 1 unspecified atom stereocenters. The van der Waals surface area contributed by atoms with E-state index in [1.807, 2.05) is 0 Å². The number of thiazole rings is 1. The van der Waals surface area contributed by atoms with Crippen LogP contribution in [0.15, 0.2) is 5.38 Å². The first kappa shape index (κ1) is 15.3. The quantitative estimate of drug-likeness (QED) is 0.662. The molecule has 2 heterocycles. The Kier molecular flexibility index (Phi) is 6.09. The molecule has 0 aromatic carbocycles. The van der Waals surface area contributed by atoms with E-state index in [9.17, 15) is 5.11 Å². The lowest BCUT2D eigenvalue weighted by Crippen LogP contribution is -2.52. The van der Waals surface area contributed by atoms with E-state index >= 15 is 0 Å². The van der Waals surface area contributed by atoms with Crippen LogP contribution in [0.5, 0.6) is 0 Å². The molecule has 1 fully saturated rings. The average Bonchev–Trinajstić information content (AvgIpc) is 2.84. The molecule has 0 radical (unpaired) electrons. The maximum absolute atomic E-state index is 10.3. The van der Waals surface area contributed by atoms with Crippen LogP contribution in [0.25, 0.3) is 0 Å². The van der Waals surface area contributed by atoms with Gasteiger partial charge in [0.15, 0.2) is 0 Å². The largest absolute Gasteiger partial charge is 0.387 e. The molecule has 1 atom stereocenters. The van der Waals surface area contributed by atoms with E-state index in [-0.39, 0.29) is 0 Å². The minimum atomic E-state index is -0.565. The van der Waals surface area contributed by atoms with Crippen LogP contribution in [0.1, 0.15) is 23.5 Å². The van der Waals surface area contributed by atoms with Crippen molar-refractivity contribution in [2.75, 3.05) is 32.4 Å². The van der Waals surface area contributed by atoms with E-state index in [1.165, 1.54) is 5.01 Å². The van der Waals surface area contributed by atoms with Crippen LogP contribution in [-0.2, 0) is 12.2 Å². The Balaban J connectivity index is 1.65. The van der Waals surface area contributed by atoms with Crippen molar-refractivity contribution in [2.45, 2.75) is 30.6 Å². The van der Waals surface area contributed by atoms with Crippen molar-refractivity contribution >= 4 is 23.1 Å². The van der Waals surface area contributed by atoms with Crippen LogP contribution in [-0.4, -0.2) is 48.1 Å². The Bertz CT molecular complexity index is 378. The second-order valence-electron chi connectivity index (χ2n) is 5.10. The predicted molar refractivity (Wildman–Crippen MR) is 83.0 cm³/mol. The van der Waals surface area contributed by atoms with E-state index in [2.05, 4.69) is 27.3 Å². The van der Waals surface area contributed by atoms with Crippen LogP contribution in [0.3, 0.4) is 0 Å². The van der Waals surface area contributed by atoms with Crippen molar-refractivity contribution in [3.05, 3.63) is 16.1 Å². The number of rotatable bonds is 7. The SMILES string of the molecule is CSCc1nc(CCNCC2(O)CCCNC2)cs1. The van der Waals surface area contributed by atoms with Crippen LogP contribution < -0.4 is 10.6 Å². The topological polar surface area (TPSA) is 57.2 Å². The monoisotopic (exact) mass is 301 g/mol. The molecular weight excluding hydrogens is 278 g/mol. The van der Waals surface area contributed by atoms with Crippen molar-refractivity contribution in [3.8, 4) is 0 Å². The third-order valence-corrected chi connectivity index (χ3v) is 4.97. The summed E-state index contributed by atoms with van der Waals surface area (Å²) >= 11 is 3.55. The van der Waals surface area contributed by atoms with Crippen molar-refractivity contribution in [1.82, 2.24) is 15.6 Å². The highest BCUT2D eigenvalue weighted by atomic mass is 32.2. The van der Waals surface area contributed by atoms with Crippen molar-refractivity contribution < 1.29 is 5.11 Å². The van der Waals surface area contributed by atoms with Gasteiger partial charge in [-0.05, 0) is 25.6 Å². The summed E-state index contributed by atoms with van der Waals surface area (Å²) in [6, 6.07) is 0. The minimum absolute atomic E-state index is 0.565. The maximum Gasteiger partial charge on any atom is 0.103 e. The first-order chi connectivity index (χ1) is 9.22. The molecular formula is C13H23N3OS2.